The predicted octanol–water partition coefficient (Wildman–Crippen LogP) is 6.63. The number of hydrogen-bond donors (Lipinski definition) is 1. The number of benzene rings is 2. The molecule has 0 unspecified atom stereocenters. The lowest BCUT2D eigenvalue weighted by Crippen LogP contribution is -2.49. The zero-order valence-electron chi connectivity index (χ0n) is 22.7. The van der Waals surface area contributed by atoms with Gasteiger partial charge in [0.25, 0.3) is 0 Å². The summed E-state index contributed by atoms with van der Waals surface area (Å²) in [6.07, 6.45) is 4.99. The van der Waals surface area contributed by atoms with Crippen LogP contribution in [0.1, 0.15) is 65.4 Å². The topological polar surface area (TPSA) is 79.0 Å². The van der Waals surface area contributed by atoms with Crippen molar-refractivity contribution in [2.75, 3.05) is 18.5 Å². The molecule has 1 saturated carbocycles. The van der Waals surface area contributed by atoms with Gasteiger partial charge in [-0.25, -0.2) is 9.59 Å². The van der Waals surface area contributed by atoms with Crippen LogP contribution in [0.25, 0.3) is 0 Å². The second-order valence-corrected chi connectivity index (χ2v) is 10.9. The van der Waals surface area contributed by atoms with Crippen molar-refractivity contribution < 1.29 is 19.1 Å². The first kappa shape index (κ1) is 28.4. The van der Waals surface area contributed by atoms with Gasteiger partial charge >= 0.3 is 12.0 Å². The number of carbonyl (C=O) groups excluding carboxylic acids is 3. The second-order valence-electron chi connectivity index (χ2n) is 9.91. The lowest BCUT2D eigenvalue weighted by atomic mass is 9.94. The molecule has 3 amide bonds. The average molecular weight is 548 g/mol. The molecule has 39 heavy (non-hydrogen) atoms. The van der Waals surface area contributed by atoms with E-state index in [1.165, 1.54) is 5.56 Å². The number of urea groups is 1. The van der Waals surface area contributed by atoms with Crippen molar-refractivity contribution in [3.05, 3.63) is 87.6 Å². The Labute approximate surface area is 234 Å². The van der Waals surface area contributed by atoms with Gasteiger partial charge in [-0.05, 0) is 73.5 Å². The number of anilines is 1. The van der Waals surface area contributed by atoms with Crippen molar-refractivity contribution in [1.82, 2.24) is 9.80 Å². The smallest absolute Gasteiger partial charge is 0.338 e. The first-order valence-electron chi connectivity index (χ1n) is 13.6. The van der Waals surface area contributed by atoms with Gasteiger partial charge in [-0.3, -0.25) is 4.79 Å². The minimum atomic E-state index is -0.399. The second kappa shape index (κ2) is 13.9. The van der Waals surface area contributed by atoms with Crippen LogP contribution in [0.4, 0.5) is 10.5 Å². The van der Waals surface area contributed by atoms with Gasteiger partial charge in [0, 0.05) is 23.2 Å². The number of carbonyl (C=O) groups is 3. The Morgan fingerprint density at radius 3 is 2.31 bits per heavy atom. The third kappa shape index (κ3) is 7.93. The summed E-state index contributed by atoms with van der Waals surface area (Å²) >= 11 is 1.65. The molecule has 0 aliphatic heterocycles. The molecule has 1 heterocycles. The van der Waals surface area contributed by atoms with Crippen LogP contribution in [-0.2, 0) is 22.6 Å². The number of rotatable bonds is 10. The molecule has 0 atom stereocenters. The van der Waals surface area contributed by atoms with E-state index < -0.39 is 5.97 Å². The number of hydrogen-bond acceptors (Lipinski definition) is 5. The van der Waals surface area contributed by atoms with Crippen LogP contribution in [0.3, 0.4) is 0 Å². The normalized spacial score (nSPS) is 13.5. The van der Waals surface area contributed by atoms with E-state index in [-0.39, 0.29) is 24.5 Å². The van der Waals surface area contributed by atoms with Crippen molar-refractivity contribution in [3.63, 3.8) is 0 Å². The highest BCUT2D eigenvalue weighted by Gasteiger charge is 2.29. The molecule has 0 spiro atoms. The van der Waals surface area contributed by atoms with Gasteiger partial charge < -0.3 is 19.9 Å². The fraction of sp³-hybridized carbons (Fsp3) is 0.387. The third-order valence-corrected chi connectivity index (χ3v) is 8.11. The maximum absolute atomic E-state index is 13.8. The van der Waals surface area contributed by atoms with E-state index in [0.717, 1.165) is 42.5 Å². The Morgan fingerprint density at radius 2 is 1.67 bits per heavy atom. The van der Waals surface area contributed by atoms with E-state index in [2.05, 4.69) is 18.3 Å². The van der Waals surface area contributed by atoms with Crippen LogP contribution >= 0.6 is 11.3 Å². The molecule has 0 radical (unpaired) electrons. The quantitative estimate of drug-likeness (QED) is 0.289. The van der Waals surface area contributed by atoms with Crippen molar-refractivity contribution in [1.29, 1.82) is 0 Å². The van der Waals surface area contributed by atoms with Crippen molar-refractivity contribution >= 4 is 34.9 Å². The molecule has 7 nitrogen and oxygen atoms in total. The number of aryl methyl sites for hydroxylation is 1. The van der Waals surface area contributed by atoms with E-state index in [1.807, 2.05) is 40.6 Å². The molecule has 1 aliphatic rings. The highest BCUT2D eigenvalue weighted by molar-refractivity contribution is 7.10. The van der Waals surface area contributed by atoms with Gasteiger partial charge in [0.1, 0.15) is 6.54 Å². The summed E-state index contributed by atoms with van der Waals surface area (Å²) < 4.78 is 5.04. The standard InChI is InChI=1S/C31H37N3O4S/c1-3-38-30(36)25-14-16-26(17-15-25)32-31(37)34(27-12-8-5-9-13-27)22-29(35)33(20-24-10-6-4-7-11-24)21-28-23(2)18-19-39-28/h4,6-7,10-11,14-19,27H,3,5,8-9,12-13,20-22H2,1-2H3,(H,32,37). The summed E-state index contributed by atoms with van der Waals surface area (Å²) in [6, 6.07) is 18.4. The van der Waals surface area contributed by atoms with E-state index >= 15 is 0 Å². The number of thiophene rings is 1. The lowest BCUT2D eigenvalue weighted by molar-refractivity contribution is -0.133. The number of esters is 1. The van der Waals surface area contributed by atoms with Crippen molar-refractivity contribution in [2.45, 2.75) is 65.1 Å². The molecular formula is C31H37N3O4S. The molecule has 2 aromatic carbocycles. The summed E-state index contributed by atoms with van der Waals surface area (Å²) in [5.74, 6) is -0.477. The van der Waals surface area contributed by atoms with Gasteiger partial charge in [-0.2, -0.15) is 0 Å². The Kier molecular flexibility index (Phi) is 10.1. The van der Waals surface area contributed by atoms with Gasteiger partial charge in [0.15, 0.2) is 0 Å². The zero-order valence-corrected chi connectivity index (χ0v) is 23.5. The number of nitrogens with one attached hydrogen (secondary N) is 1. The number of amides is 3. The van der Waals surface area contributed by atoms with Gasteiger partial charge in [-0.1, -0.05) is 49.6 Å². The molecule has 4 rings (SSSR count). The maximum atomic E-state index is 13.8. The predicted molar refractivity (Wildman–Crippen MR) is 155 cm³/mol. The van der Waals surface area contributed by atoms with Crippen LogP contribution in [0.2, 0.25) is 0 Å². The molecular weight excluding hydrogens is 510 g/mol. The van der Waals surface area contributed by atoms with Crippen LogP contribution in [-0.4, -0.2) is 46.9 Å². The molecule has 1 aliphatic carbocycles. The molecule has 0 saturated heterocycles. The monoisotopic (exact) mass is 547 g/mol. The Balaban J connectivity index is 1.51. The number of nitrogens with zero attached hydrogens (tertiary/aromatic N) is 2. The SMILES string of the molecule is CCOC(=O)c1ccc(NC(=O)N(CC(=O)N(Cc2ccccc2)Cc2sccc2C)C2CCCCC2)cc1. The lowest BCUT2D eigenvalue weighted by Gasteiger charge is -2.35. The fourth-order valence-electron chi connectivity index (χ4n) is 4.88. The third-order valence-electron chi connectivity index (χ3n) is 7.10. The van der Waals surface area contributed by atoms with Crippen LogP contribution in [0.15, 0.2) is 66.0 Å². The van der Waals surface area contributed by atoms with Crippen LogP contribution < -0.4 is 5.32 Å². The summed E-state index contributed by atoms with van der Waals surface area (Å²) in [6.45, 7) is 5.12. The molecule has 0 bridgehead atoms. The summed E-state index contributed by atoms with van der Waals surface area (Å²) in [7, 11) is 0. The zero-order chi connectivity index (χ0) is 27.6. The highest BCUT2D eigenvalue weighted by Crippen LogP contribution is 2.25. The molecule has 3 aromatic rings. The summed E-state index contributed by atoms with van der Waals surface area (Å²) in [4.78, 5) is 44.1. The molecule has 1 fully saturated rings. The first-order chi connectivity index (χ1) is 18.9. The van der Waals surface area contributed by atoms with E-state index in [1.54, 1.807) is 47.4 Å². The Bertz CT molecular complexity index is 1240. The first-order valence-corrected chi connectivity index (χ1v) is 14.5. The van der Waals surface area contributed by atoms with E-state index in [9.17, 15) is 14.4 Å². The minimum absolute atomic E-state index is 0.00329. The molecule has 8 heteroatoms. The Hall–Kier alpha value is -3.65. The van der Waals surface area contributed by atoms with Gasteiger partial charge in [0.2, 0.25) is 5.91 Å². The highest BCUT2D eigenvalue weighted by atomic mass is 32.1. The van der Waals surface area contributed by atoms with Gasteiger partial charge in [-0.15, -0.1) is 11.3 Å². The van der Waals surface area contributed by atoms with Crippen LogP contribution in [0.5, 0.6) is 0 Å². The van der Waals surface area contributed by atoms with E-state index in [0.29, 0.717) is 30.9 Å². The fourth-order valence-corrected chi connectivity index (χ4v) is 5.80. The maximum Gasteiger partial charge on any atom is 0.338 e. The van der Waals surface area contributed by atoms with Crippen molar-refractivity contribution in [3.8, 4) is 0 Å². The summed E-state index contributed by atoms with van der Waals surface area (Å²) in [5.41, 5.74) is 3.21. The molecule has 206 valence electrons. The Morgan fingerprint density at radius 1 is 0.949 bits per heavy atom. The molecule has 1 N–H and O–H groups in total. The van der Waals surface area contributed by atoms with Gasteiger partial charge in [0.05, 0.1) is 18.7 Å². The summed E-state index contributed by atoms with van der Waals surface area (Å²) in [5, 5.41) is 5.00. The van der Waals surface area contributed by atoms with Crippen molar-refractivity contribution in [2.24, 2.45) is 0 Å². The largest absolute Gasteiger partial charge is 0.462 e. The van der Waals surface area contributed by atoms with Crippen LogP contribution in [0, 0.1) is 6.92 Å². The number of ether oxygens (including phenoxy) is 1. The average Bonchev–Trinajstić information content (AvgIpc) is 3.36. The van der Waals surface area contributed by atoms with E-state index in [4.69, 9.17) is 4.74 Å². The molecule has 1 aromatic heterocycles. The minimum Gasteiger partial charge on any atom is -0.462 e.